The number of rotatable bonds is 5. The van der Waals surface area contributed by atoms with Gasteiger partial charge in [-0.1, -0.05) is 17.7 Å². The maximum Gasteiger partial charge on any atom is 0.269 e. The van der Waals surface area contributed by atoms with Crippen LogP contribution in [-0.4, -0.2) is 15.1 Å². The summed E-state index contributed by atoms with van der Waals surface area (Å²) in [7, 11) is 0. The lowest BCUT2D eigenvalue weighted by molar-refractivity contribution is -0.384. The molecular formula is C17H15N3O3S. The van der Waals surface area contributed by atoms with Crippen LogP contribution in [0.2, 0.25) is 0 Å². The van der Waals surface area contributed by atoms with E-state index in [9.17, 15) is 10.1 Å². The number of nitro groups is 1. The van der Waals surface area contributed by atoms with Crippen LogP contribution < -0.4 is 0 Å². The summed E-state index contributed by atoms with van der Waals surface area (Å²) in [5, 5.41) is 18.8. The first-order chi connectivity index (χ1) is 11.5. The van der Waals surface area contributed by atoms with Crippen LogP contribution in [0, 0.1) is 17.0 Å². The third-order valence-electron chi connectivity index (χ3n) is 3.42. The van der Waals surface area contributed by atoms with Crippen molar-refractivity contribution in [3.8, 4) is 11.5 Å². The predicted octanol–water partition coefficient (Wildman–Crippen LogP) is 4.81. The molecule has 0 amide bonds. The molecule has 24 heavy (non-hydrogen) atoms. The summed E-state index contributed by atoms with van der Waals surface area (Å²) in [4.78, 5) is 11.4. The highest BCUT2D eigenvalue weighted by atomic mass is 32.2. The Labute approximate surface area is 143 Å². The van der Waals surface area contributed by atoms with Gasteiger partial charge < -0.3 is 4.42 Å². The molecule has 0 spiro atoms. The van der Waals surface area contributed by atoms with Gasteiger partial charge in [-0.15, -0.1) is 22.0 Å². The van der Waals surface area contributed by atoms with E-state index in [4.69, 9.17) is 4.42 Å². The number of aryl methyl sites for hydroxylation is 1. The van der Waals surface area contributed by atoms with Gasteiger partial charge in [0.05, 0.1) is 10.2 Å². The van der Waals surface area contributed by atoms with Crippen LogP contribution in [0.3, 0.4) is 0 Å². The van der Waals surface area contributed by atoms with Crippen LogP contribution >= 0.6 is 11.8 Å². The van der Waals surface area contributed by atoms with Gasteiger partial charge >= 0.3 is 0 Å². The number of nitrogens with zero attached hydrogens (tertiary/aromatic N) is 3. The van der Waals surface area contributed by atoms with Gasteiger partial charge in [0.25, 0.3) is 5.69 Å². The van der Waals surface area contributed by atoms with E-state index in [0.717, 1.165) is 4.90 Å². The summed E-state index contributed by atoms with van der Waals surface area (Å²) >= 11 is 1.64. The average molecular weight is 341 g/mol. The Kier molecular flexibility index (Phi) is 4.61. The third-order valence-corrected chi connectivity index (χ3v) is 4.50. The number of hydrogen-bond donors (Lipinski definition) is 0. The first-order valence-corrected chi connectivity index (χ1v) is 8.22. The van der Waals surface area contributed by atoms with Crippen molar-refractivity contribution in [1.82, 2.24) is 10.2 Å². The standard InChI is InChI=1S/C17H15N3O3S/c1-11-4-3-5-15(10-11)24-12(2)16-18-19-17(23-16)13-6-8-14(9-7-13)20(21)22/h3-10,12H,1-2H3. The van der Waals surface area contributed by atoms with Crippen molar-refractivity contribution >= 4 is 17.4 Å². The fourth-order valence-electron chi connectivity index (χ4n) is 2.18. The van der Waals surface area contributed by atoms with Crippen molar-refractivity contribution < 1.29 is 9.34 Å². The van der Waals surface area contributed by atoms with Crippen molar-refractivity contribution in [2.24, 2.45) is 0 Å². The second-order valence-corrected chi connectivity index (χ2v) is 6.74. The van der Waals surface area contributed by atoms with Crippen LogP contribution in [0.25, 0.3) is 11.5 Å². The molecular weight excluding hydrogens is 326 g/mol. The van der Waals surface area contributed by atoms with E-state index in [-0.39, 0.29) is 10.9 Å². The molecule has 0 aliphatic carbocycles. The smallest absolute Gasteiger partial charge is 0.269 e. The van der Waals surface area contributed by atoms with E-state index < -0.39 is 4.92 Å². The lowest BCUT2D eigenvalue weighted by Crippen LogP contribution is -1.88. The van der Waals surface area contributed by atoms with Gasteiger partial charge in [0.15, 0.2) is 0 Å². The molecule has 1 aromatic heterocycles. The molecule has 3 aromatic rings. The molecule has 3 rings (SSSR count). The molecule has 1 atom stereocenters. The summed E-state index contributed by atoms with van der Waals surface area (Å²) < 4.78 is 5.72. The minimum atomic E-state index is -0.441. The van der Waals surface area contributed by atoms with E-state index in [0.29, 0.717) is 17.3 Å². The van der Waals surface area contributed by atoms with Gasteiger partial charge in [0.1, 0.15) is 0 Å². The summed E-state index contributed by atoms with van der Waals surface area (Å²) in [5.74, 6) is 0.881. The van der Waals surface area contributed by atoms with Crippen LogP contribution in [0.5, 0.6) is 0 Å². The van der Waals surface area contributed by atoms with Gasteiger partial charge in [-0.25, -0.2) is 0 Å². The average Bonchev–Trinajstić information content (AvgIpc) is 3.05. The Morgan fingerprint density at radius 3 is 2.58 bits per heavy atom. The minimum absolute atomic E-state index is 0.00565. The highest BCUT2D eigenvalue weighted by Gasteiger charge is 2.17. The zero-order valence-electron chi connectivity index (χ0n) is 13.2. The molecule has 1 unspecified atom stereocenters. The fourth-order valence-corrected chi connectivity index (χ4v) is 3.20. The van der Waals surface area contributed by atoms with Crippen LogP contribution in [0.15, 0.2) is 57.8 Å². The first-order valence-electron chi connectivity index (χ1n) is 7.34. The highest BCUT2D eigenvalue weighted by Crippen LogP contribution is 2.35. The second kappa shape index (κ2) is 6.84. The fraction of sp³-hybridized carbons (Fsp3) is 0.176. The van der Waals surface area contributed by atoms with Crippen molar-refractivity contribution in [2.45, 2.75) is 24.0 Å². The maximum absolute atomic E-state index is 10.7. The molecule has 0 radical (unpaired) electrons. The highest BCUT2D eigenvalue weighted by molar-refractivity contribution is 7.99. The van der Waals surface area contributed by atoms with Crippen molar-refractivity contribution in [1.29, 1.82) is 0 Å². The molecule has 2 aromatic carbocycles. The molecule has 0 saturated carbocycles. The van der Waals surface area contributed by atoms with Gasteiger partial charge in [0, 0.05) is 22.6 Å². The van der Waals surface area contributed by atoms with E-state index >= 15 is 0 Å². The lowest BCUT2D eigenvalue weighted by Gasteiger charge is -2.07. The number of thioether (sulfide) groups is 1. The number of hydrogen-bond acceptors (Lipinski definition) is 6. The largest absolute Gasteiger partial charge is 0.419 e. The van der Waals surface area contributed by atoms with Gasteiger partial charge in [-0.3, -0.25) is 10.1 Å². The maximum atomic E-state index is 10.7. The summed E-state index contributed by atoms with van der Waals surface area (Å²) in [5.41, 5.74) is 1.89. The number of nitro benzene ring substituents is 1. The zero-order chi connectivity index (χ0) is 17.1. The molecule has 0 N–H and O–H groups in total. The van der Waals surface area contributed by atoms with Crippen molar-refractivity contribution in [3.05, 3.63) is 70.1 Å². The van der Waals surface area contributed by atoms with Crippen LogP contribution in [0.1, 0.15) is 23.6 Å². The zero-order valence-corrected chi connectivity index (χ0v) is 14.0. The molecule has 7 heteroatoms. The number of aromatic nitrogens is 2. The SMILES string of the molecule is Cc1cccc(SC(C)c2nnc(-c3ccc([N+](=O)[O-])cc3)o2)c1. The quantitative estimate of drug-likeness (QED) is 0.376. The molecule has 0 bridgehead atoms. The lowest BCUT2D eigenvalue weighted by atomic mass is 10.2. The Morgan fingerprint density at radius 2 is 1.92 bits per heavy atom. The Bertz CT molecular complexity index is 862. The van der Waals surface area contributed by atoms with Crippen molar-refractivity contribution in [2.75, 3.05) is 0 Å². The normalized spacial score (nSPS) is 12.1. The van der Waals surface area contributed by atoms with Gasteiger partial charge in [0.2, 0.25) is 11.8 Å². The third kappa shape index (κ3) is 3.62. The van der Waals surface area contributed by atoms with E-state index in [1.165, 1.54) is 17.7 Å². The Morgan fingerprint density at radius 1 is 1.17 bits per heavy atom. The first kappa shape index (κ1) is 16.2. The van der Waals surface area contributed by atoms with Crippen molar-refractivity contribution in [3.63, 3.8) is 0 Å². The Hall–Kier alpha value is -2.67. The molecule has 0 saturated heterocycles. The molecule has 1 heterocycles. The topological polar surface area (TPSA) is 82.1 Å². The van der Waals surface area contributed by atoms with Crippen LogP contribution in [-0.2, 0) is 0 Å². The molecule has 0 fully saturated rings. The molecule has 0 aliphatic rings. The minimum Gasteiger partial charge on any atom is -0.419 e. The molecule has 6 nitrogen and oxygen atoms in total. The van der Waals surface area contributed by atoms with E-state index in [2.05, 4.69) is 16.3 Å². The van der Waals surface area contributed by atoms with E-state index in [1.54, 1.807) is 23.9 Å². The Balaban J connectivity index is 1.76. The monoisotopic (exact) mass is 341 g/mol. The van der Waals surface area contributed by atoms with Crippen LogP contribution in [0.4, 0.5) is 5.69 Å². The van der Waals surface area contributed by atoms with Gasteiger partial charge in [-0.2, -0.15) is 0 Å². The summed E-state index contributed by atoms with van der Waals surface area (Å²) in [6.07, 6.45) is 0. The van der Waals surface area contributed by atoms with Gasteiger partial charge in [-0.05, 0) is 38.1 Å². The number of non-ortho nitro benzene ring substituents is 1. The second-order valence-electron chi connectivity index (χ2n) is 5.33. The number of benzene rings is 2. The molecule has 122 valence electrons. The predicted molar refractivity (Wildman–Crippen MR) is 91.8 cm³/mol. The molecule has 0 aliphatic heterocycles. The summed E-state index contributed by atoms with van der Waals surface area (Å²) in [6.45, 7) is 4.05. The van der Waals surface area contributed by atoms with E-state index in [1.807, 2.05) is 32.0 Å². The summed E-state index contributed by atoms with van der Waals surface area (Å²) in [6, 6.07) is 14.3.